The summed E-state index contributed by atoms with van der Waals surface area (Å²) in [7, 11) is 1.63. The zero-order chi connectivity index (χ0) is 33.6. The summed E-state index contributed by atoms with van der Waals surface area (Å²) in [5.74, 6) is -4.87. The largest absolute Gasteiger partial charge is 0.496 e. The molecule has 238 valence electrons. The van der Waals surface area contributed by atoms with Crippen molar-refractivity contribution in [2.75, 3.05) is 17.7 Å². The van der Waals surface area contributed by atoms with E-state index >= 15 is 0 Å². The molecule has 0 saturated heterocycles. The van der Waals surface area contributed by atoms with Gasteiger partial charge in [0.15, 0.2) is 5.58 Å². The van der Waals surface area contributed by atoms with Crippen LogP contribution in [0.2, 0.25) is 0 Å². The lowest BCUT2D eigenvalue weighted by Gasteiger charge is -2.13. The number of carboxylic acids is 2. The van der Waals surface area contributed by atoms with Crippen LogP contribution in [0, 0.1) is 20.8 Å². The molecule has 44 heavy (non-hydrogen) atoms. The molecule has 0 bridgehead atoms. The quantitative estimate of drug-likeness (QED) is 0.195. The summed E-state index contributed by atoms with van der Waals surface area (Å²) in [6.07, 6.45) is -8.49. The smallest absolute Gasteiger partial charge is 0.490 e. The molecule has 4 aromatic rings. The van der Waals surface area contributed by atoms with Gasteiger partial charge in [-0.25, -0.2) is 19.4 Å². The summed E-state index contributed by atoms with van der Waals surface area (Å²) in [6, 6.07) is 8.54. The van der Waals surface area contributed by atoms with Gasteiger partial charge in [-0.15, -0.1) is 4.79 Å². The number of nitrogens with one attached hydrogen (secondary N) is 2. The van der Waals surface area contributed by atoms with Crippen molar-refractivity contribution < 1.29 is 59.8 Å². The van der Waals surface area contributed by atoms with Gasteiger partial charge in [0.25, 0.3) is 0 Å². The molecule has 0 aliphatic heterocycles. The summed E-state index contributed by atoms with van der Waals surface area (Å²) in [5.41, 5.74) is 4.49. The van der Waals surface area contributed by atoms with E-state index in [2.05, 4.69) is 20.6 Å². The zero-order valence-corrected chi connectivity index (χ0v) is 22.9. The predicted octanol–water partition coefficient (Wildman–Crippen LogP) is 5.80. The summed E-state index contributed by atoms with van der Waals surface area (Å²) in [4.78, 5) is 37.9. The standard InChI is InChI=1S/C21H20FN5O3.2C2HF3O2/c1-11-7-15(9-18(29-4)13(11)3)25-20-23-10-12(2)19(26-20)24-14-5-6-17-16(8-14)27(22)21(28)30-17;2*3-2(4,5)1(6)7/h5-10H,1-4H3,(H2,23,24,25,26);2*(H,6,7). The fourth-order valence-corrected chi connectivity index (χ4v) is 3.07. The van der Waals surface area contributed by atoms with E-state index in [0.717, 1.165) is 28.1 Å². The molecular weight excluding hydrogens is 615 g/mol. The number of aliphatic carboxylic acids is 2. The Labute approximate surface area is 241 Å². The molecule has 2 heterocycles. The second-order valence-corrected chi connectivity index (χ2v) is 8.53. The number of hydrogen-bond acceptors (Lipinski definition) is 9. The number of nitrogens with zero attached hydrogens (tertiary/aromatic N) is 3. The van der Waals surface area contributed by atoms with Crippen LogP contribution in [0.1, 0.15) is 16.7 Å². The van der Waals surface area contributed by atoms with Crippen molar-refractivity contribution in [3.05, 3.63) is 63.8 Å². The number of rotatable bonds is 5. The molecule has 0 saturated carbocycles. The number of hydrogen-bond donors (Lipinski definition) is 4. The molecule has 2 aromatic carbocycles. The second-order valence-electron chi connectivity index (χ2n) is 8.53. The molecule has 0 fully saturated rings. The molecule has 0 radical (unpaired) electrons. The molecule has 0 atom stereocenters. The fourth-order valence-electron chi connectivity index (χ4n) is 3.07. The van der Waals surface area contributed by atoms with E-state index in [9.17, 15) is 35.6 Å². The first kappa shape index (κ1) is 34.8. The maximum absolute atomic E-state index is 13.8. The number of carboxylic acid groups (broad SMARTS) is 2. The third-order valence-corrected chi connectivity index (χ3v) is 5.34. The van der Waals surface area contributed by atoms with Gasteiger partial charge in [-0.1, -0.05) is 4.48 Å². The van der Waals surface area contributed by atoms with Crippen molar-refractivity contribution in [2.24, 2.45) is 0 Å². The van der Waals surface area contributed by atoms with Gasteiger partial charge >= 0.3 is 30.0 Å². The average molecular weight is 637 g/mol. The van der Waals surface area contributed by atoms with Crippen LogP contribution in [0.3, 0.4) is 0 Å². The minimum atomic E-state index is -5.08. The average Bonchev–Trinajstić information content (AvgIpc) is 3.20. The molecule has 0 amide bonds. The highest BCUT2D eigenvalue weighted by Gasteiger charge is 2.38. The number of ether oxygens (including phenoxy) is 1. The number of aromatic nitrogens is 3. The van der Waals surface area contributed by atoms with E-state index < -0.39 is 30.0 Å². The highest BCUT2D eigenvalue weighted by atomic mass is 19.4. The Kier molecular flexibility index (Phi) is 10.9. The molecule has 2 aromatic heterocycles. The number of alkyl halides is 6. The van der Waals surface area contributed by atoms with Gasteiger partial charge in [0, 0.05) is 29.2 Å². The van der Waals surface area contributed by atoms with Crippen LogP contribution in [-0.2, 0) is 9.59 Å². The molecule has 0 spiro atoms. The Balaban J connectivity index is 0.000000402. The van der Waals surface area contributed by atoms with Gasteiger partial charge in [-0.2, -0.15) is 31.3 Å². The molecule has 4 rings (SSSR count). The molecule has 19 heteroatoms. The summed E-state index contributed by atoms with van der Waals surface area (Å²) in [6.45, 7) is 5.85. The molecule has 0 aliphatic carbocycles. The van der Waals surface area contributed by atoms with E-state index in [1.54, 1.807) is 19.4 Å². The number of benzene rings is 2. The molecule has 0 aliphatic rings. The molecule has 12 nitrogen and oxygen atoms in total. The number of oxazole rings is 1. The highest BCUT2D eigenvalue weighted by molar-refractivity contribution is 5.79. The first-order valence-corrected chi connectivity index (χ1v) is 11.7. The number of aryl methyl sites for hydroxylation is 2. The third kappa shape index (κ3) is 9.33. The van der Waals surface area contributed by atoms with Gasteiger partial charge in [0.05, 0.1) is 7.11 Å². The number of halogens is 7. The van der Waals surface area contributed by atoms with Crippen LogP contribution in [0.25, 0.3) is 11.1 Å². The van der Waals surface area contributed by atoms with Gasteiger partial charge < -0.3 is 30.0 Å². The molecular formula is C25H22F7N5O7. The Hall–Kier alpha value is -5.36. The van der Waals surface area contributed by atoms with E-state index in [1.807, 2.05) is 32.9 Å². The normalized spacial score (nSPS) is 11.1. The van der Waals surface area contributed by atoms with Gasteiger partial charge in [-0.3, -0.25) is 0 Å². The van der Waals surface area contributed by atoms with Gasteiger partial charge in [-0.05, 0) is 56.2 Å². The van der Waals surface area contributed by atoms with Gasteiger partial charge in [0.2, 0.25) is 5.95 Å². The number of fused-ring (bicyclic) bond motifs is 1. The minimum absolute atomic E-state index is 0.0343. The van der Waals surface area contributed by atoms with E-state index in [1.165, 1.54) is 12.1 Å². The van der Waals surface area contributed by atoms with Crippen LogP contribution in [0.5, 0.6) is 5.75 Å². The lowest BCUT2D eigenvalue weighted by molar-refractivity contribution is -0.193. The lowest BCUT2D eigenvalue weighted by Crippen LogP contribution is -2.21. The summed E-state index contributed by atoms with van der Waals surface area (Å²) in [5, 5.41) is 20.6. The van der Waals surface area contributed by atoms with Crippen LogP contribution in [0.15, 0.2) is 45.7 Å². The zero-order valence-electron chi connectivity index (χ0n) is 22.9. The van der Waals surface area contributed by atoms with Crippen LogP contribution in [-0.4, -0.2) is 56.4 Å². The van der Waals surface area contributed by atoms with Crippen molar-refractivity contribution in [3.63, 3.8) is 0 Å². The number of carbonyl (C=O) groups is 2. The topological polar surface area (TPSA) is 169 Å². The second kappa shape index (κ2) is 13.7. The lowest BCUT2D eigenvalue weighted by atomic mass is 10.1. The van der Waals surface area contributed by atoms with Crippen molar-refractivity contribution in [1.82, 2.24) is 14.8 Å². The monoisotopic (exact) mass is 637 g/mol. The van der Waals surface area contributed by atoms with Crippen LogP contribution >= 0.6 is 0 Å². The highest BCUT2D eigenvalue weighted by Crippen LogP contribution is 2.28. The third-order valence-electron chi connectivity index (χ3n) is 5.34. The predicted molar refractivity (Wildman–Crippen MR) is 140 cm³/mol. The molecule has 0 unspecified atom stereocenters. The van der Waals surface area contributed by atoms with E-state index in [-0.39, 0.29) is 15.9 Å². The summed E-state index contributed by atoms with van der Waals surface area (Å²) >= 11 is 0. The fraction of sp³-hybridized carbons (Fsp3) is 0.240. The Morgan fingerprint density at radius 2 is 1.48 bits per heavy atom. The Morgan fingerprint density at radius 3 is 2.00 bits per heavy atom. The first-order chi connectivity index (χ1) is 20.2. The van der Waals surface area contributed by atoms with Crippen LogP contribution < -0.4 is 21.1 Å². The number of anilines is 4. The van der Waals surface area contributed by atoms with Gasteiger partial charge in [0.1, 0.15) is 17.1 Å². The maximum atomic E-state index is 13.8. The SMILES string of the molecule is COc1cc(Nc2ncc(C)c(Nc3ccc4oc(=O)n(F)c4c3)n2)cc(C)c1C.O=C(O)C(F)(F)F.O=C(O)C(F)(F)F. The Morgan fingerprint density at radius 1 is 0.909 bits per heavy atom. The maximum Gasteiger partial charge on any atom is 0.490 e. The van der Waals surface area contributed by atoms with Crippen molar-refractivity contribution in [3.8, 4) is 5.75 Å². The van der Waals surface area contributed by atoms with Crippen molar-refractivity contribution in [1.29, 1.82) is 0 Å². The van der Waals surface area contributed by atoms with E-state index in [0.29, 0.717) is 17.5 Å². The summed E-state index contributed by atoms with van der Waals surface area (Å²) < 4.78 is 87.5. The minimum Gasteiger partial charge on any atom is -0.496 e. The number of methoxy groups -OCH3 is 1. The first-order valence-electron chi connectivity index (χ1n) is 11.7. The van der Waals surface area contributed by atoms with E-state index in [4.69, 9.17) is 29.0 Å². The van der Waals surface area contributed by atoms with Crippen molar-refractivity contribution in [2.45, 2.75) is 33.1 Å². The van der Waals surface area contributed by atoms with Crippen molar-refractivity contribution >= 4 is 46.2 Å². The Bertz CT molecular complexity index is 1690. The molecule has 4 N–H and O–H groups in total. The van der Waals surface area contributed by atoms with Crippen LogP contribution in [0.4, 0.5) is 54.0 Å².